The first-order chi connectivity index (χ1) is 8.72. The van der Waals surface area contributed by atoms with Gasteiger partial charge in [0.15, 0.2) is 0 Å². The third-order valence-electron chi connectivity index (χ3n) is 2.62. The van der Waals surface area contributed by atoms with Gasteiger partial charge in [-0.25, -0.2) is 4.79 Å². The molecule has 1 saturated heterocycles. The van der Waals surface area contributed by atoms with Gasteiger partial charge < -0.3 is 5.32 Å². The van der Waals surface area contributed by atoms with Crippen molar-refractivity contribution in [1.82, 2.24) is 10.2 Å². The van der Waals surface area contributed by atoms with Gasteiger partial charge >= 0.3 is 6.03 Å². The lowest BCUT2D eigenvalue weighted by molar-refractivity contribution is -0.127. The molecule has 5 heteroatoms. The molecular weight excluding hydrogens is 248 g/mol. The SMILES string of the molecule is C#CSCC1NC(=O)N(Cc2ccccc2)C1=O. The van der Waals surface area contributed by atoms with Crippen LogP contribution in [0, 0.1) is 11.7 Å². The maximum Gasteiger partial charge on any atom is 0.325 e. The van der Waals surface area contributed by atoms with Crippen LogP contribution in [0.1, 0.15) is 5.56 Å². The molecule has 3 amide bonds. The van der Waals surface area contributed by atoms with E-state index in [0.29, 0.717) is 12.3 Å². The summed E-state index contributed by atoms with van der Waals surface area (Å²) in [5, 5.41) is 5.02. The van der Waals surface area contributed by atoms with Crippen LogP contribution < -0.4 is 5.32 Å². The van der Waals surface area contributed by atoms with Gasteiger partial charge in [0.25, 0.3) is 5.91 Å². The lowest BCUT2D eigenvalue weighted by Gasteiger charge is -2.12. The number of nitrogens with zero attached hydrogens (tertiary/aromatic N) is 1. The standard InChI is InChI=1S/C13H12N2O2S/c1-2-18-9-11-12(16)15(13(17)14-11)8-10-6-4-3-5-7-10/h1,3-7,11H,8-9H2,(H,14,17). The van der Waals surface area contributed by atoms with Crippen molar-refractivity contribution in [1.29, 1.82) is 0 Å². The van der Waals surface area contributed by atoms with Crippen molar-refractivity contribution in [2.75, 3.05) is 5.75 Å². The van der Waals surface area contributed by atoms with Crippen LogP contribution in [0.4, 0.5) is 4.79 Å². The third kappa shape index (κ3) is 2.66. The topological polar surface area (TPSA) is 49.4 Å². The summed E-state index contributed by atoms with van der Waals surface area (Å²) in [4.78, 5) is 24.9. The highest BCUT2D eigenvalue weighted by molar-refractivity contribution is 8.03. The molecule has 92 valence electrons. The van der Waals surface area contributed by atoms with Gasteiger partial charge in [0, 0.05) is 5.75 Å². The Morgan fingerprint density at radius 3 is 2.72 bits per heavy atom. The van der Waals surface area contributed by atoms with Crippen LogP contribution in [0.3, 0.4) is 0 Å². The number of hydrogen-bond donors (Lipinski definition) is 1. The number of carbonyl (C=O) groups is 2. The largest absolute Gasteiger partial charge is 0.325 e. The molecule has 0 saturated carbocycles. The summed E-state index contributed by atoms with van der Waals surface area (Å²) in [6.45, 7) is 0.294. The van der Waals surface area contributed by atoms with Gasteiger partial charge in [0.05, 0.1) is 6.54 Å². The van der Waals surface area contributed by atoms with E-state index in [0.717, 1.165) is 5.56 Å². The molecule has 1 aliphatic rings. The molecule has 0 radical (unpaired) electrons. The average Bonchev–Trinajstić information content (AvgIpc) is 2.65. The number of rotatable bonds is 4. The molecule has 0 spiro atoms. The van der Waals surface area contributed by atoms with Crippen LogP contribution in [-0.2, 0) is 11.3 Å². The van der Waals surface area contributed by atoms with E-state index in [9.17, 15) is 9.59 Å². The Morgan fingerprint density at radius 2 is 2.06 bits per heavy atom. The van der Waals surface area contributed by atoms with Crippen LogP contribution in [0.15, 0.2) is 30.3 Å². The molecule has 1 atom stereocenters. The Balaban J connectivity index is 2.04. The molecule has 1 aromatic rings. The normalized spacial score (nSPS) is 18.6. The number of carbonyl (C=O) groups excluding carboxylic acids is 2. The van der Waals surface area contributed by atoms with Crippen molar-refractivity contribution in [3.05, 3.63) is 35.9 Å². The smallest absolute Gasteiger partial charge is 0.325 e. The Kier molecular flexibility index (Phi) is 3.90. The highest BCUT2D eigenvalue weighted by Gasteiger charge is 2.37. The molecular formula is C13H12N2O2S. The van der Waals surface area contributed by atoms with Gasteiger partial charge in [-0.1, -0.05) is 42.1 Å². The Labute approximate surface area is 110 Å². The van der Waals surface area contributed by atoms with Crippen molar-refractivity contribution in [3.8, 4) is 11.7 Å². The molecule has 1 fully saturated rings. The predicted molar refractivity (Wildman–Crippen MR) is 70.6 cm³/mol. The van der Waals surface area contributed by atoms with Crippen molar-refractivity contribution < 1.29 is 9.59 Å². The zero-order chi connectivity index (χ0) is 13.0. The van der Waals surface area contributed by atoms with E-state index < -0.39 is 6.04 Å². The van der Waals surface area contributed by atoms with Crippen LogP contribution in [0.2, 0.25) is 0 Å². The van der Waals surface area contributed by atoms with E-state index in [4.69, 9.17) is 6.42 Å². The molecule has 4 nitrogen and oxygen atoms in total. The minimum absolute atomic E-state index is 0.216. The van der Waals surface area contributed by atoms with Crippen molar-refractivity contribution in [3.63, 3.8) is 0 Å². The van der Waals surface area contributed by atoms with Crippen LogP contribution in [0.25, 0.3) is 0 Å². The number of imide groups is 1. The molecule has 0 aromatic heterocycles. The highest BCUT2D eigenvalue weighted by atomic mass is 32.2. The maximum atomic E-state index is 12.0. The zero-order valence-electron chi connectivity index (χ0n) is 9.63. The number of nitrogens with one attached hydrogen (secondary N) is 1. The summed E-state index contributed by atoms with van der Waals surface area (Å²) < 4.78 is 0. The van der Waals surface area contributed by atoms with Crippen LogP contribution in [0.5, 0.6) is 0 Å². The minimum atomic E-state index is -0.512. The fourth-order valence-corrected chi connectivity index (χ4v) is 2.23. The molecule has 0 aliphatic carbocycles. The number of thioether (sulfide) groups is 1. The molecule has 18 heavy (non-hydrogen) atoms. The average molecular weight is 260 g/mol. The lowest BCUT2D eigenvalue weighted by Crippen LogP contribution is -2.32. The molecule has 1 aliphatic heterocycles. The molecule has 0 bridgehead atoms. The quantitative estimate of drug-likeness (QED) is 0.658. The summed E-state index contributed by atoms with van der Waals surface area (Å²) in [6.07, 6.45) is 5.12. The second-order valence-electron chi connectivity index (χ2n) is 3.84. The number of hydrogen-bond acceptors (Lipinski definition) is 3. The van der Waals surface area contributed by atoms with E-state index in [2.05, 4.69) is 10.6 Å². The second kappa shape index (κ2) is 5.61. The summed E-state index contributed by atoms with van der Waals surface area (Å²) in [6, 6.07) is 8.53. The first-order valence-corrected chi connectivity index (χ1v) is 6.44. The van der Waals surface area contributed by atoms with Crippen LogP contribution >= 0.6 is 11.8 Å². The first kappa shape index (κ1) is 12.5. The fraction of sp³-hybridized carbons (Fsp3) is 0.231. The zero-order valence-corrected chi connectivity index (χ0v) is 10.4. The molecule has 1 heterocycles. The second-order valence-corrected chi connectivity index (χ2v) is 4.70. The third-order valence-corrected chi connectivity index (χ3v) is 3.29. The number of urea groups is 1. The van der Waals surface area contributed by atoms with E-state index in [1.54, 1.807) is 0 Å². The van der Waals surface area contributed by atoms with Crippen molar-refractivity contribution in [2.45, 2.75) is 12.6 Å². The fourth-order valence-electron chi connectivity index (χ4n) is 1.74. The van der Waals surface area contributed by atoms with E-state index in [1.165, 1.54) is 16.7 Å². The summed E-state index contributed by atoms with van der Waals surface area (Å²) in [5.74, 6) is 0.193. The molecule has 2 rings (SSSR count). The van der Waals surface area contributed by atoms with Gasteiger partial charge in [0.1, 0.15) is 6.04 Å². The minimum Gasteiger partial charge on any atom is -0.325 e. The Morgan fingerprint density at radius 1 is 1.33 bits per heavy atom. The van der Waals surface area contributed by atoms with E-state index in [-0.39, 0.29) is 11.9 Å². The Hall–Kier alpha value is -1.93. The maximum absolute atomic E-state index is 12.0. The van der Waals surface area contributed by atoms with Gasteiger partial charge in [0.2, 0.25) is 0 Å². The lowest BCUT2D eigenvalue weighted by atomic mass is 10.2. The molecule has 1 aromatic carbocycles. The van der Waals surface area contributed by atoms with Gasteiger partial charge in [-0.3, -0.25) is 9.69 Å². The molecule has 1 N–H and O–H groups in total. The van der Waals surface area contributed by atoms with Gasteiger partial charge in [-0.15, -0.1) is 6.42 Å². The highest BCUT2D eigenvalue weighted by Crippen LogP contribution is 2.14. The number of benzene rings is 1. The van der Waals surface area contributed by atoms with E-state index in [1.807, 2.05) is 30.3 Å². The monoisotopic (exact) mass is 260 g/mol. The van der Waals surface area contributed by atoms with Crippen molar-refractivity contribution >= 4 is 23.7 Å². The van der Waals surface area contributed by atoms with E-state index >= 15 is 0 Å². The Bertz CT molecular complexity index is 495. The summed E-state index contributed by atoms with van der Waals surface area (Å²) >= 11 is 1.19. The van der Waals surface area contributed by atoms with Gasteiger partial charge in [-0.2, -0.15) is 0 Å². The number of terminal acetylenes is 1. The summed E-state index contributed by atoms with van der Waals surface area (Å²) in [5.41, 5.74) is 0.922. The predicted octanol–water partition coefficient (Wildman–Crippen LogP) is 1.43. The van der Waals surface area contributed by atoms with Gasteiger partial charge in [-0.05, 0) is 10.8 Å². The summed E-state index contributed by atoms with van der Waals surface area (Å²) in [7, 11) is 0. The number of amides is 3. The van der Waals surface area contributed by atoms with Crippen molar-refractivity contribution in [2.24, 2.45) is 0 Å². The van der Waals surface area contributed by atoms with Crippen LogP contribution in [-0.4, -0.2) is 28.6 Å². The molecule has 1 unspecified atom stereocenters. The first-order valence-electron chi connectivity index (χ1n) is 5.45.